The normalized spacial score (nSPS) is 12.4. The highest BCUT2D eigenvalue weighted by Gasteiger charge is 2.02. The molecule has 0 saturated heterocycles. The molecule has 1 atom stereocenters. The fraction of sp³-hybridized carbons (Fsp3) is 0.222. The maximum atomic E-state index is 11.1. The number of alkyl halides is 1. The first-order valence-corrected chi connectivity index (χ1v) is 5.75. The van der Waals surface area contributed by atoms with Crippen LogP contribution in [0, 0.1) is 0 Å². The van der Waals surface area contributed by atoms with Gasteiger partial charge in [0, 0.05) is 23.4 Å². The van der Waals surface area contributed by atoms with Crippen LogP contribution in [-0.4, -0.2) is 20.4 Å². The van der Waals surface area contributed by atoms with Crippen LogP contribution in [0.2, 0.25) is 0 Å². The molecule has 1 rings (SSSR count). The summed E-state index contributed by atoms with van der Waals surface area (Å²) in [6.07, 6.45) is 0. The molecule has 1 aromatic rings. The molecule has 0 heterocycles. The minimum Gasteiger partial charge on any atom is -0.760 e. The molecule has 0 aliphatic carbocycles. The number of ketones is 1. The second kappa shape index (κ2) is 5.97. The van der Waals surface area contributed by atoms with E-state index in [0.29, 0.717) is 5.56 Å². The molecule has 0 aliphatic heterocycles. The second-order valence-electron chi connectivity index (χ2n) is 2.81. The van der Waals surface area contributed by atoms with Gasteiger partial charge in [-0.1, -0.05) is 24.3 Å². The summed E-state index contributed by atoms with van der Waals surface area (Å²) in [5.41, 5.74) is 1.31. The van der Waals surface area contributed by atoms with Crippen LogP contribution >= 0.6 is 11.6 Å². The largest absolute Gasteiger partial charge is 0.760 e. The summed E-state index contributed by atoms with van der Waals surface area (Å²) in [5.74, 6) is -0.203. The molecule has 15 heavy (non-hydrogen) atoms. The molecule has 0 radical (unpaired) electrons. The SMILES string of the molecule is O=C(CCl)c1ccc(CNS(=O)[O-])cc1. The van der Waals surface area contributed by atoms with E-state index in [0.717, 1.165) is 5.56 Å². The van der Waals surface area contributed by atoms with E-state index in [9.17, 15) is 13.6 Å². The molecule has 1 unspecified atom stereocenters. The third kappa shape index (κ3) is 4.09. The van der Waals surface area contributed by atoms with Gasteiger partial charge in [-0.25, -0.2) is 4.72 Å². The molecule has 0 fully saturated rings. The molecule has 1 N–H and O–H groups in total. The fourth-order valence-corrected chi connectivity index (χ4v) is 1.47. The van der Waals surface area contributed by atoms with E-state index in [1.165, 1.54) is 0 Å². The quantitative estimate of drug-likeness (QED) is 0.479. The van der Waals surface area contributed by atoms with Crippen molar-refractivity contribution in [3.05, 3.63) is 35.4 Å². The van der Waals surface area contributed by atoms with Crippen LogP contribution in [-0.2, 0) is 17.8 Å². The van der Waals surface area contributed by atoms with E-state index >= 15 is 0 Å². The monoisotopic (exact) mass is 246 g/mol. The number of halogens is 1. The van der Waals surface area contributed by atoms with Gasteiger partial charge in [-0.05, 0) is 5.56 Å². The number of hydrogen-bond acceptors (Lipinski definition) is 3. The summed E-state index contributed by atoms with van der Waals surface area (Å²) in [6, 6.07) is 6.60. The molecule has 0 bridgehead atoms. The van der Waals surface area contributed by atoms with Crippen LogP contribution in [0.25, 0.3) is 0 Å². The summed E-state index contributed by atoms with van der Waals surface area (Å²) in [6.45, 7) is 0.214. The lowest BCUT2D eigenvalue weighted by Gasteiger charge is -2.07. The van der Waals surface area contributed by atoms with Gasteiger partial charge in [-0.3, -0.25) is 9.00 Å². The van der Waals surface area contributed by atoms with Crippen LogP contribution < -0.4 is 4.72 Å². The van der Waals surface area contributed by atoms with Crippen LogP contribution in [0.4, 0.5) is 0 Å². The van der Waals surface area contributed by atoms with Gasteiger partial charge < -0.3 is 4.55 Å². The van der Waals surface area contributed by atoms with Crippen LogP contribution in [0.3, 0.4) is 0 Å². The topological polar surface area (TPSA) is 69.2 Å². The highest BCUT2D eigenvalue weighted by atomic mass is 35.5. The molecule has 0 aromatic heterocycles. The molecule has 0 aliphatic rings. The van der Waals surface area contributed by atoms with Crippen molar-refractivity contribution >= 4 is 28.7 Å². The molecule has 6 heteroatoms. The second-order valence-corrected chi connectivity index (χ2v) is 3.83. The highest BCUT2D eigenvalue weighted by Crippen LogP contribution is 2.06. The number of Topliss-reactive ketones (excluding diaryl/α,β-unsaturated/α-hetero) is 1. The van der Waals surface area contributed by atoms with Gasteiger partial charge in [0.15, 0.2) is 5.78 Å². The van der Waals surface area contributed by atoms with Crippen LogP contribution in [0.15, 0.2) is 24.3 Å². The number of nitrogens with one attached hydrogen (secondary N) is 1. The molecule has 82 valence electrons. The Kier molecular flexibility index (Phi) is 4.90. The Balaban J connectivity index is 2.64. The van der Waals surface area contributed by atoms with E-state index in [-0.39, 0.29) is 18.2 Å². The maximum Gasteiger partial charge on any atom is 0.177 e. The molecule has 4 nitrogen and oxygen atoms in total. The number of carbonyl (C=O) groups excluding carboxylic acids is 1. The van der Waals surface area contributed by atoms with Crippen LogP contribution in [0.1, 0.15) is 15.9 Å². The zero-order valence-electron chi connectivity index (χ0n) is 7.73. The summed E-state index contributed by atoms with van der Waals surface area (Å²) in [4.78, 5) is 11.1. The van der Waals surface area contributed by atoms with Gasteiger partial charge >= 0.3 is 0 Å². The molecule has 0 amide bonds. The Bertz CT molecular complexity index is 366. The Morgan fingerprint density at radius 3 is 2.47 bits per heavy atom. The molecule has 0 spiro atoms. The van der Waals surface area contributed by atoms with Crippen molar-refractivity contribution in [1.82, 2.24) is 4.72 Å². The first-order valence-electron chi connectivity index (χ1n) is 4.14. The minimum atomic E-state index is -2.27. The van der Waals surface area contributed by atoms with Gasteiger partial charge in [0.2, 0.25) is 0 Å². The first-order chi connectivity index (χ1) is 7.13. The van der Waals surface area contributed by atoms with E-state index < -0.39 is 11.3 Å². The predicted octanol–water partition coefficient (Wildman–Crippen LogP) is 0.992. The van der Waals surface area contributed by atoms with Gasteiger partial charge in [-0.2, -0.15) is 0 Å². The minimum absolute atomic E-state index is 0.0534. The summed E-state index contributed by atoms with van der Waals surface area (Å²) >= 11 is 3.12. The zero-order chi connectivity index (χ0) is 11.3. The maximum absolute atomic E-state index is 11.1. The van der Waals surface area contributed by atoms with Crippen LogP contribution in [0.5, 0.6) is 0 Å². The van der Waals surface area contributed by atoms with Gasteiger partial charge in [-0.15, -0.1) is 11.6 Å². The van der Waals surface area contributed by atoms with Gasteiger partial charge in [0.25, 0.3) is 0 Å². The number of rotatable bonds is 5. The van der Waals surface area contributed by atoms with E-state index in [4.69, 9.17) is 11.6 Å². The lowest BCUT2D eigenvalue weighted by Crippen LogP contribution is -2.15. The zero-order valence-corrected chi connectivity index (χ0v) is 9.31. The van der Waals surface area contributed by atoms with E-state index in [1.54, 1.807) is 24.3 Å². The van der Waals surface area contributed by atoms with Crippen molar-refractivity contribution in [3.8, 4) is 0 Å². The highest BCUT2D eigenvalue weighted by molar-refractivity contribution is 7.77. The standard InChI is InChI=1S/C9H10ClNO3S/c10-5-9(12)8-3-1-7(2-4-8)6-11-15(13)14/h1-4,11H,5-6H2,(H,13,14)/p-1. The van der Waals surface area contributed by atoms with Crippen molar-refractivity contribution in [2.24, 2.45) is 0 Å². The Morgan fingerprint density at radius 1 is 1.40 bits per heavy atom. The third-order valence-corrected chi connectivity index (χ3v) is 2.41. The van der Waals surface area contributed by atoms with Gasteiger partial charge in [0.05, 0.1) is 5.88 Å². The average molecular weight is 247 g/mol. The Morgan fingerprint density at radius 2 is 2.00 bits per heavy atom. The fourth-order valence-electron chi connectivity index (χ4n) is 1.03. The van der Waals surface area contributed by atoms with Crippen molar-refractivity contribution < 1.29 is 13.6 Å². The van der Waals surface area contributed by atoms with Crippen molar-refractivity contribution in [3.63, 3.8) is 0 Å². The molecule has 1 aromatic carbocycles. The summed E-state index contributed by atoms with van der Waals surface area (Å²) in [7, 11) is 0. The Labute approximate surface area is 95.1 Å². The lowest BCUT2D eigenvalue weighted by atomic mass is 10.1. The number of hydrogen-bond donors (Lipinski definition) is 1. The smallest absolute Gasteiger partial charge is 0.177 e. The van der Waals surface area contributed by atoms with E-state index in [1.807, 2.05) is 0 Å². The summed E-state index contributed by atoms with van der Waals surface area (Å²) < 4.78 is 22.7. The molecule has 0 saturated carbocycles. The van der Waals surface area contributed by atoms with Crippen molar-refractivity contribution in [2.75, 3.05) is 5.88 Å². The first kappa shape index (κ1) is 12.3. The molecular formula is C9H9ClNO3S-. The predicted molar refractivity (Wildman–Crippen MR) is 57.3 cm³/mol. The third-order valence-electron chi connectivity index (χ3n) is 1.79. The van der Waals surface area contributed by atoms with Crippen molar-refractivity contribution in [2.45, 2.75) is 6.54 Å². The average Bonchev–Trinajstić information content (AvgIpc) is 2.26. The van der Waals surface area contributed by atoms with Gasteiger partial charge in [0.1, 0.15) is 0 Å². The number of carbonyl (C=O) groups is 1. The lowest BCUT2D eigenvalue weighted by molar-refractivity contribution is 0.102. The Hall–Kier alpha value is -0.750. The van der Waals surface area contributed by atoms with E-state index in [2.05, 4.69) is 4.72 Å². The van der Waals surface area contributed by atoms with Crippen molar-refractivity contribution in [1.29, 1.82) is 0 Å². The number of benzene rings is 1. The summed E-state index contributed by atoms with van der Waals surface area (Å²) in [5, 5.41) is 0. The molecular weight excluding hydrogens is 238 g/mol.